The van der Waals surface area contributed by atoms with Crippen LogP contribution in [0.4, 0.5) is 0 Å². The number of amides is 1. The molecule has 0 aromatic heterocycles. The van der Waals surface area contributed by atoms with Crippen LogP contribution in [0.15, 0.2) is 0 Å². The number of hydrogen-bond donors (Lipinski definition) is 1. The van der Waals surface area contributed by atoms with Crippen LogP contribution < -0.4 is 5.32 Å². The first kappa shape index (κ1) is 14.2. The van der Waals surface area contributed by atoms with Gasteiger partial charge in [0.15, 0.2) is 0 Å². The molecule has 1 heterocycles. The fourth-order valence-electron chi connectivity index (χ4n) is 2.22. The van der Waals surface area contributed by atoms with Crippen LogP contribution in [0.1, 0.15) is 40.0 Å². The summed E-state index contributed by atoms with van der Waals surface area (Å²) >= 11 is 0. The van der Waals surface area contributed by atoms with Crippen LogP contribution in [0.25, 0.3) is 0 Å². The Hall–Kier alpha value is -0.900. The maximum absolute atomic E-state index is 11.5. The lowest BCUT2D eigenvalue weighted by Gasteiger charge is -2.30. The van der Waals surface area contributed by atoms with Crippen molar-refractivity contribution in [1.29, 1.82) is 0 Å². The third-order valence-electron chi connectivity index (χ3n) is 3.27. The molecule has 4 heteroatoms. The fourth-order valence-corrected chi connectivity index (χ4v) is 2.22. The van der Waals surface area contributed by atoms with Crippen molar-refractivity contribution in [3.8, 4) is 0 Å². The van der Waals surface area contributed by atoms with Crippen LogP contribution in [0.2, 0.25) is 0 Å². The molecule has 0 aromatic carbocycles. The zero-order valence-corrected chi connectivity index (χ0v) is 11.2. The molecule has 0 atom stereocenters. The lowest BCUT2D eigenvalue weighted by Crippen LogP contribution is -2.39. The third-order valence-corrected chi connectivity index (χ3v) is 3.27. The summed E-state index contributed by atoms with van der Waals surface area (Å²) in [6.07, 6.45) is 2.45. The second-order valence-electron chi connectivity index (χ2n) is 5.20. The minimum absolute atomic E-state index is 0.119. The maximum atomic E-state index is 11.5. The first-order chi connectivity index (χ1) is 7.99. The van der Waals surface area contributed by atoms with Crippen molar-refractivity contribution >= 4 is 11.7 Å². The van der Waals surface area contributed by atoms with Gasteiger partial charge in [-0.25, -0.2) is 0 Å². The van der Waals surface area contributed by atoms with Crippen LogP contribution in [0, 0.1) is 5.92 Å². The molecule has 98 valence electrons. The summed E-state index contributed by atoms with van der Waals surface area (Å²) in [5, 5.41) is 2.89. The van der Waals surface area contributed by atoms with Crippen molar-refractivity contribution in [2.45, 2.75) is 46.1 Å². The average molecular weight is 240 g/mol. The highest BCUT2D eigenvalue weighted by atomic mass is 16.1. The van der Waals surface area contributed by atoms with E-state index in [9.17, 15) is 9.59 Å². The van der Waals surface area contributed by atoms with E-state index in [1.54, 1.807) is 6.92 Å². The smallest absolute Gasteiger partial charge is 0.221 e. The lowest BCUT2D eigenvalue weighted by molar-refractivity contribution is -0.123. The first-order valence-corrected chi connectivity index (χ1v) is 6.51. The molecule has 1 N–H and O–H groups in total. The average Bonchev–Trinajstić information content (AvgIpc) is 2.26. The molecule has 0 unspecified atom stereocenters. The monoisotopic (exact) mass is 240 g/mol. The molecule has 0 aliphatic carbocycles. The molecule has 1 aliphatic heterocycles. The number of likely N-dealkylation sites (tertiary alicyclic amines) is 1. The summed E-state index contributed by atoms with van der Waals surface area (Å²) < 4.78 is 0. The SMILES string of the molecule is CC(=O)C1CCN(CCC(=O)NC(C)C)CC1. The molecule has 1 aliphatic rings. The number of nitrogens with zero attached hydrogens (tertiary/aromatic N) is 1. The van der Waals surface area contributed by atoms with Crippen molar-refractivity contribution in [2.24, 2.45) is 5.92 Å². The number of piperidine rings is 1. The van der Waals surface area contributed by atoms with Crippen LogP contribution in [0.5, 0.6) is 0 Å². The van der Waals surface area contributed by atoms with Gasteiger partial charge in [0.05, 0.1) is 0 Å². The summed E-state index contributed by atoms with van der Waals surface area (Å²) in [6, 6.07) is 0.214. The van der Waals surface area contributed by atoms with Crippen molar-refractivity contribution in [1.82, 2.24) is 10.2 Å². The van der Waals surface area contributed by atoms with E-state index in [-0.39, 0.29) is 17.9 Å². The largest absolute Gasteiger partial charge is 0.354 e. The van der Waals surface area contributed by atoms with Crippen molar-refractivity contribution in [2.75, 3.05) is 19.6 Å². The Balaban J connectivity index is 2.18. The summed E-state index contributed by atoms with van der Waals surface area (Å²) in [5.41, 5.74) is 0. The van der Waals surface area contributed by atoms with E-state index in [0.29, 0.717) is 12.2 Å². The minimum atomic E-state index is 0.119. The van der Waals surface area contributed by atoms with Crippen LogP contribution in [-0.2, 0) is 9.59 Å². The zero-order valence-electron chi connectivity index (χ0n) is 11.2. The Morgan fingerprint density at radius 1 is 1.29 bits per heavy atom. The lowest BCUT2D eigenvalue weighted by atomic mass is 9.93. The predicted octanol–water partition coefficient (Wildman–Crippen LogP) is 1.20. The van der Waals surface area contributed by atoms with Gasteiger partial charge in [-0.15, -0.1) is 0 Å². The summed E-state index contributed by atoms with van der Waals surface area (Å²) in [5.74, 6) is 0.673. The molecule has 4 nitrogen and oxygen atoms in total. The molecular formula is C13H24N2O2. The molecular weight excluding hydrogens is 216 g/mol. The number of hydrogen-bond acceptors (Lipinski definition) is 3. The highest BCUT2D eigenvalue weighted by Crippen LogP contribution is 2.17. The Labute approximate surface area is 104 Å². The standard InChI is InChI=1S/C13H24N2O2/c1-10(2)14-13(17)6-9-15-7-4-12(5-8-15)11(3)16/h10,12H,4-9H2,1-3H3,(H,14,17). The van der Waals surface area contributed by atoms with E-state index in [1.165, 1.54) is 0 Å². The summed E-state index contributed by atoms with van der Waals surface area (Å²) in [7, 11) is 0. The van der Waals surface area contributed by atoms with E-state index in [1.807, 2.05) is 13.8 Å². The Kier molecular flexibility index (Phi) is 5.62. The molecule has 1 fully saturated rings. The summed E-state index contributed by atoms with van der Waals surface area (Å²) in [4.78, 5) is 25.0. The molecule has 1 amide bonds. The Bertz CT molecular complexity index is 269. The highest BCUT2D eigenvalue weighted by molar-refractivity contribution is 5.78. The quantitative estimate of drug-likeness (QED) is 0.785. The van der Waals surface area contributed by atoms with E-state index in [0.717, 1.165) is 32.5 Å². The molecule has 0 radical (unpaired) electrons. The van der Waals surface area contributed by atoms with Crippen LogP contribution in [0.3, 0.4) is 0 Å². The number of ketones is 1. The topological polar surface area (TPSA) is 49.4 Å². The number of carbonyl (C=O) groups is 2. The maximum Gasteiger partial charge on any atom is 0.221 e. The van der Waals surface area contributed by atoms with Gasteiger partial charge in [0.2, 0.25) is 5.91 Å². The Morgan fingerprint density at radius 2 is 1.88 bits per heavy atom. The van der Waals surface area contributed by atoms with E-state index >= 15 is 0 Å². The first-order valence-electron chi connectivity index (χ1n) is 6.51. The normalized spacial score (nSPS) is 18.4. The van der Waals surface area contributed by atoms with Gasteiger partial charge in [-0.2, -0.15) is 0 Å². The van der Waals surface area contributed by atoms with Crippen LogP contribution in [-0.4, -0.2) is 42.3 Å². The third kappa shape index (κ3) is 5.31. The summed E-state index contributed by atoms with van der Waals surface area (Å²) in [6.45, 7) is 8.31. The second kappa shape index (κ2) is 6.74. The Morgan fingerprint density at radius 3 is 2.35 bits per heavy atom. The number of nitrogens with one attached hydrogen (secondary N) is 1. The van der Waals surface area contributed by atoms with Gasteiger partial charge in [-0.3, -0.25) is 9.59 Å². The highest BCUT2D eigenvalue weighted by Gasteiger charge is 2.22. The number of Topliss-reactive ketones (excluding diaryl/α,β-unsaturated/α-hetero) is 1. The molecule has 0 saturated carbocycles. The van der Waals surface area contributed by atoms with Gasteiger partial charge in [-0.1, -0.05) is 0 Å². The predicted molar refractivity (Wildman–Crippen MR) is 67.7 cm³/mol. The molecule has 0 aromatic rings. The zero-order chi connectivity index (χ0) is 12.8. The number of carbonyl (C=O) groups excluding carboxylic acids is 2. The second-order valence-corrected chi connectivity index (χ2v) is 5.20. The molecule has 17 heavy (non-hydrogen) atoms. The van der Waals surface area contributed by atoms with Gasteiger partial charge >= 0.3 is 0 Å². The van der Waals surface area contributed by atoms with Gasteiger partial charge in [0.25, 0.3) is 0 Å². The molecule has 1 saturated heterocycles. The molecule has 0 spiro atoms. The van der Waals surface area contributed by atoms with E-state index in [4.69, 9.17) is 0 Å². The molecule has 1 rings (SSSR count). The van der Waals surface area contributed by atoms with E-state index in [2.05, 4.69) is 10.2 Å². The minimum Gasteiger partial charge on any atom is -0.354 e. The van der Waals surface area contributed by atoms with Gasteiger partial charge in [0.1, 0.15) is 5.78 Å². The van der Waals surface area contributed by atoms with Crippen LogP contribution >= 0.6 is 0 Å². The van der Waals surface area contributed by atoms with Crippen molar-refractivity contribution in [3.63, 3.8) is 0 Å². The van der Waals surface area contributed by atoms with Crippen molar-refractivity contribution in [3.05, 3.63) is 0 Å². The van der Waals surface area contributed by atoms with Gasteiger partial charge in [-0.05, 0) is 46.7 Å². The van der Waals surface area contributed by atoms with Crippen molar-refractivity contribution < 1.29 is 9.59 Å². The fraction of sp³-hybridized carbons (Fsp3) is 0.846. The van der Waals surface area contributed by atoms with E-state index < -0.39 is 0 Å². The number of rotatable bonds is 5. The van der Waals surface area contributed by atoms with Gasteiger partial charge in [0, 0.05) is 24.9 Å². The van der Waals surface area contributed by atoms with Gasteiger partial charge < -0.3 is 10.2 Å². The molecule has 0 bridgehead atoms.